The van der Waals surface area contributed by atoms with E-state index in [-0.39, 0.29) is 24.9 Å². The Bertz CT molecular complexity index is 781. The maximum absolute atomic E-state index is 8.76. The number of aliphatic hydroxyl groups excluding tert-OH is 1. The largest absolute Gasteiger partial charge is 0.468 e. The van der Waals surface area contributed by atoms with Crippen molar-refractivity contribution in [1.29, 1.82) is 0 Å². The number of fused-ring (bicyclic) bond motifs is 3. The molecule has 3 aliphatic carbocycles. The minimum Gasteiger partial charge on any atom is -0.468 e. The quantitative estimate of drug-likeness (QED) is 0.152. The predicted molar refractivity (Wildman–Crippen MR) is 158 cm³/mol. The predicted octanol–water partition coefficient (Wildman–Crippen LogP) is 6.42. The van der Waals surface area contributed by atoms with Gasteiger partial charge in [-0.15, -0.1) is 0 Å². The van der Waals surface area contributed by atoms with Crippen LogP contribution in [-0.2, 0) is 28.4 Å². The van der Waals surface area contributed by atoms with Crippen LogP contribution in [-0.4, -0.2) is 72.1 Å². The van der Waals surface area contributed by atoms with Gasteiger partial charge >= 0.3 is 0 Å². The van der Waals surface area contributed by atoms with Crippen molar-refractivity contribution in [2.75, 3.05) is 60.8 Å². The van der Waals surface area contributed by atoms with Crippen molar-refractivity contribution in [3.05, 3.63) is 36.1 Å². The lowest BCUT2D eigenvalue weighted by atomic mass is 9.55. The van der Waals surface area contributed by atoms with Crippen LogP contribution in [0.5, 0.6) is 0 Å². The molecule has 0 spiro atoms. The number of hydrogen-bond acceptors (Lipinski definition) is 7. The average Bonchev–Trinajstić information content (AvgIpc) is 3.28. The molecule has 0 bridgehead atoms. The van der Waals surface area contributed by atoms with E-state index in [4.69, 9.17) is 33.5 Å². The highest BCUT2D eigenvalue weighted by Gasteiger charge is 2.55. The van der Waals surface area contributed by atoms with E-state index in [1.165, 1.54) is 44.9 Å². The number of allylic oxidation sites excluding steroid dienone is 4. The molecule has 2 fully saturated rings. The molecule has 0 saturated heterocycles. The monoisotopic (exact) mass is 564 g/mol. The summed E-state index contributed by atoms with van der Waals surface area (Å²) in [6, 6.07) is 0. The maximum atomic E-state index is 8.76. The second-order valence-electron chi connectivity index (χ2n) is 12.1. The van der Waals surface area contributed by atoms with E-state index in [9.17, 15) is 0 Å². The molecule has 2 saturated carbocycles. The molecule has 0 aromatic rings. The topological polar surface area (TPSA) is 75.6 Å². The Morgan fingerprint density at radius 3 is 2.50 bits per heavy atom. The molecule has 6 atom stereocenters. The first-order valence-corrected chi connectivity index (χ1v) is 15.6. The average molecular weight is 565 g/mol. The highest BCUT2D eigenvalue weighted by molar-refractivity contribution is 5.26. The smallest absolute Gasteiger partial charge is 0.188 e. The first-order chi connectivity index (χ1) is 19.5. The van der Waals surface area contributed by atoms with Crippen molar-refractivity contribution < 1.29 is 33.5 Å². The lowest BCUT2D eigenvalue weighted by Crippen LogP contribution is -2.46. The van der Waals surface area contributed by atoms with Gasteiger partial charge in [0.05, 0.1) is 32.5 Å². The minimum absolute atomic E-state index is 0.0633. The van der Waals surface area contributed by atoms with E-state index in [1.807, 2.05) is 0 Å². The molecule has 0 aromatic carbocycles. The van der Waals surface area contributed by atoms with Gasteiger partial charge in [0.15, 0.2) is 6.79 Å². The van der Waals surface area contributed by atoms with Gasteiger partial charge in [-0.05, 0) is 92.6 Å². The van der Waals surface area contributed by atoms with Crippen LogP contribution in [0.3, 0.4) is 0 Å². The Labute approximate surface area is 243 Å². The van der Waals surface area contributed by atoms with Gasteiger partial charge in [0.25, 0.3) is 0 Å². The molecule has 0 heterocycles. The molecule has 3 aliphatic rings. The number of rotatable bonds is 18. The summed E-state index contributed by atoms with van der Waals surface area (Å²) < 4.78 is 33.5. The van der Waals surface area contributed by atoms with Gasteiger partial charge in [-0.25, -0.2) is 0 Å². The molecule has 1 N–H and O–H groups in total. The van der Waals surface area contributed by atoms with Crippen molar-refractivity contribution in [3.63, 3.8) is 0 Å². The Balaban J connectivity index is 1.63. The zero-order chi connectivity index (χ0) is 28.6. The van der Waals surface area contributed by atoms with Crippen molar-refractivity contribution in [3.8, 4) is 0 Å². The minimum atomic E-state index is 0.0633. The summed E-state index contributed by atoms with van der Waals surface area (Å²) in [5, 5.41) is 8.76. The summed E-state index contributed by atoms with van der Waals surface area (Å²) in [5.74, 6) is 3.48. The third kappa shape index (κ3) is 9.95. The van der Waals surface area contributed by atoms with Crippen LogP contribution in [0.15, 0.2) is 36.1 Å². The third-order valence-corrected chi connectivity index (χ3v) is 9.47. The van der Waals surface area contributed by atoms with Crippen LogP contribution in [0.1, 0.15) is 77.6 Å². The van der Waals surface area contributed by atoms with Crippen LogP contribution in [0.2, 0.25) is 0 Å². The van der Waals surface area contributed by atoms with Crippen molar-refractivity contribution in [2.24, 2.45) is 29.1 Å². The molecule has 3 rings (SSSR count). The molecule has 7 nitrogen and oxygen atoms in total. The number of unbranched alkanes of at least 4 members (excludes halogenated alkanes) is 3. The first kappa shape index (κ1) is 33.3. The third-order valence-electron chi connectivity index (χ3n) is 9.47. The van der Waals surface area contributed by atoms with Gasteiger partial charge in [0.1, 0.15) is 12.6 Å². The van der Waals surface area contributed by atoms with E-state index in [0.29, 0.717) is 50.3 Å². The van der Waals surface area contributed by atoms with Gasteiger partial charge in [0, 0.05) is 20.8 Å². The van der Waals surface area contributed by atoms with Crippen LogP contribution in [0.4, 0.5) is 0 Å². The molecule has 0 radical (unpaired) electrons. The lowest BCUT2D eigenvalue weighted by Gasteiger charge is -2.51. The second kappa shape index (κ2) is 18.3. The molecule has 7 heteroatoms. The zero-order valence-corrected chi connectivity index (χ0v) is 25.5. The first-order valence-electron chi connectivity index (χ1n) is 15.6. The highest BCUT2D eigenvalue weighted by atomic mass is 16.7. The Morgan fingerprint density at radius 1 is 0.950 bits per heavy atom. The summed E-state index contributed by atoms with van der Waals surface area (Å²) in [6.07, 6.45) is 19.8. The number of hydrogen-bond donors (Lipinski definition) is 1. The maximum Gasteiger partial charge on any atom is 0.188 e. The molecular formula is C33H56O7. The van der Waals surface area contributed by atoms with Crippen LogP contribution < -0.4 is 0 Å². The zero-order valence-electron chi connectivity index (χ0n) is 25.5. The lowest BCUT2D eigenvalue weighted by molar-refractivity contribution is -0.132. The van der Waals surface area contributed by atoms with Gasteiger partial charge in [-0.1, -0.05) is 44.4 Å². The Morgan fingerprint density at radius 2 is 1.73 bits per heavy atom. The Kier molecular flexibility index (Phi) is 15.3. The second-order valence-corrected chi connectivity index (χ2v) is 12.1. The summed E-state index contributed by atoms with van der Waals surface area (Å²) in [6.45, 7) is 9.99. The molecule has 0 amide bonds. The fourth-order valence-corrected chi connectivity index (χ4v) is 7.64. The standard InChI is InChI=1S/C33H56O7/c1-26-22-28(10-7-5-6-8-18-37-20-21-38-19-17-34)32-27(11-9-12-29(23-26)39-24-35-3)15-16-33(2)30(32)13-14-31(33)40-25-36-4/h9,12,23,27-28,30-32,34H,1,5-8,10-11,13-22,24-25H2,2-4H3/b12-9-,29-23+/t27-,28+,30-,31-,32-,33-/m0/s1. The summed E-state index contributed by atoms with van der Waals surface area (Å²) in [4.78, 5) is 0. The fraction of sp³-hybridized carbons (Fsp3) is 0.818. The van der Waals surface area contributed by atoms with Crippen molar-refractivity contribution in [1.82, 2.24) is 0 Å². The molecular weight excluding hydrogens is 508 g/mol. The van der Waals surface area contributed by atoms with Crippen LogP contribution in [0, 0.1) is 29.1 Å². The normalized spacial score (nSPS) is 32.6. The van der Waals surface area contributed by atoms with Crippen LogP contribution in [0.25, 0.3) is 0 Å². The summed E-state index contributed by atoms with van der Waals surface area (Å²) >= 11 is 0. The molecule has 0 aromatic heterocycles. The SMILES string of the molecule is C=C1/C=C(OCOC)\C=C/C[C@H]2CC[C@]3(C)[C@@H](OCOC)CC[C@H]3[C@@H]2[C@H](CCCCCCOCCOCCO)C1. The molecule has 230 valence electrons. The number of aliphatic hydroxyl groups is 1. The highest BCUT2D eigenvalue weighted by Crippen LogP contribution is 2.60. The molecule has 0 unspecified atom stereocenters. The molecule has 40 heavy (non-hydrogen) atoms. The van der Waals surface area contributed by atoms with Gasteiger partial charge in [-0.2, -0.15) is 0 Å². The number of ether oxygens (including phenoxy) is 6. The summed E-state index contributed by atoms with van der Waals surface area (Å²) in [5.41, 5.74) is 1.36. The van der Waals surface area contributed by atoms with E-state index in [0.717, 1.165) is 43.6 Å². The fourth-order valence-electron chi connectivity index (χ4n) is 7.64. The van der Waals surface area contributed by atoms with E-state index >= 15 is 0 Å². The van der Waals surface area contributed by atoms with E-state index in [2.05, 4.69) is 31.7 Å². The number of methoxy groups -OCH3 is 2. The van der Waals surface area contributed by atoms with Crippen molar-refractivity contribution in [2.45, 2.75) is 83.7 Å². The Hall–Kier alpha value is -1.22. The summed E-state index contributed by atoms with van der Waals surface area (Å²) in [7, 11) is 3.38. The van der Waals surface area contributed by atoms with Gasteiger partial charge in [0.2, 0.25) is 0 Å². The van der Waals surface area contributed by atoms with Crippen LogP contribution >= 0.6 is 0 Å². The molecule has 0 aliphatic heterocycles. The van der Waals surface area contributed by atoms with E-state index in [1.54, 1.807) is 14.2 Å². The van der Waals surface area contributed by atoms with Crippen molar-refractivity contribution >= 4 is 0 Å². The van der Waals surface area contributed by atoms with Gasteiger partial charge < -0.3 is 33.5 Å². The van der Waals surface area contributed by atoms with E-state index < -0.39 is 0 Å². The van der Waals surface area contributed by atoms with Gasteiger partial charge in [-0.3, -0.25) is 0 Å².